The van der Waals surface area contributed by atoms with Gasteiger partial charge in [0.1, 0.15) is 0 Å². The highest BCUT2D eigenvalue weighted by Crippen LogP contribution is 2.16. The molecule has 0 unspecified atom stereocenters. The van der Waals surface area contributed by atoms with Gasteiger partial charge in [-0.15, -0.1) is 0 Å². The quantitative estimate of drug-likeness (QED) is 0.825. The molecule has 0 fully saturated rings. The van der Waals surface area contributed by atoms with E-state index in [9.17, 15) is 9.59 Å². The van der Waals surface area contributed by atoms with E-state index < -0.39 is 0 Å². The Balaban J connectivity index is 2.56. The molecule has 0 aliphatic heterocycles. The van der Waals surface area contributed by atoms with Crippen molar-refractivity contribution < 1.29 is 9.59 Å². The zero-order valence-electron chi connectivity index (χ0n) is 11.8. The fourth-order valence-electron chi connectivity index (χ4n) is 1.57. The Bertz CT molecular complexity index is 442. The van der Waals surface area contributed by atoms with Gasteiger partial charge in [-0.1, -0.05) is 26.8 Å². The fourth-order valence-corrected chi connectivity index (χ4v) is 1.57. The summed E-state index contributed by atoms with van der Waals surface area (Å²) in [6.07, 6.45) is 1.83. The molecule has 4 nitrogen and oxygen atoms in total. The highest BCUT2D eigenvalue weighted by atomic mass is 16.2. The van der Waals surface area contributed by atoms with Gasteiger partial charge >= 0.3 is 0 Å². The highest BCUT2D eigenvalue weighted by Gasteiger charge is 2.05. The maximum atomic E-state index is 11.7. The minimum atomic E-state index is -0.0386. The molecule has 0 saturated heterocycles. The first-order valence-electron chi connectivity index (χ1n) is 6.71. The van der Waals surface area contributed by atoms with Crippen molar-refractivity contribution in [1.82, 2.24) is 0 Å². The van der Waals surface area contributed by atoms with Gasteiger partial charge in [0.25, 0.3) is 0 Å². The maximum absolute atomic E-state index is 11.7. The van der Waals surface area contributed by atoms with Gasteiger partial charge in [0.2, 0.25) is 11.8 Å². The van der Waals surface area contributed by atoms with E-state index in [1.807, 2.05) is 12.1 Å². The molecule has 19 heavy (non-hydrogen) atoms. The van der Waals surface area contributed by atoms with Crippen LogP contribution in [0.4, 0.5) is 11.4 Å². The van der Waals surface area contributed by atoms with Crippen LogP contribution in [-0.4, -0.2) is 11.8 Å². The van der Waals surface area contributed by atoms with Crippen LogP contribution in [0.3, 0.4) is 0 Å². The second-order valence-electron chi connectivity index (χ2n) is 4.96. The zero-order valence-corrected chi connectivity index (χ0v) is 11.8. The molecule has 1 rings (SSSR count). The third-order valence-electron chi connectivity index (χ3n) is 2.70. The van der Waals surface area contributed by atoms with Gasteiger partial charge in [-0.25, -0.2) is 0 Å². The molecule has 0 radical (unpaired) electrons. The number of benzene rings is 1. The Morgan fingerprint density at radius 3 is 2.21 bits per heavy atom. The minimum absolute atomic E-state index is 0.00710. The van der Waals surface area contributed by atoms with Crippen molar-refractivity contribution in [2.24, 2.45) is 5.92 Å². The lowest BCUT2D eigenvalue weighted by Gasteiger charge is -2.09. The van der Waals surface area contributed by atoms with Gasteiger partial charge in [-0.2, -0.15) is 0 Å². The normalized spacial score (nSPS) is 10.3. The van der Waals surface area contributed by atoms with Crippen molar-refractivity contribution >= 4 is 23.2 Å². The Morgan fingerprint density at radius 1 is 1.11 bits per heavy atom. The summed E-state index contributed by atoms with van der Waals surface area (Å²) in [5, 5.41) is 5.60. The van der Waals surface area contributed by atoms with Crippen LogP contribution < -0.4 is 10.6 Å². The average molecular weight is 262 g/mol. The largest absolute Gasteiger partial charge is 0.326 e. The summed E-state index contributed by atoms with van der Waals surface area (Å²) in [5.41, 5.74) is 1.41. The molecular weight excluding hydrogens is 240 g/mol. The van der Waals surface area contributed by atoms with E-state index in [0.717, 1.165) is 6.42 Å². The molecular formula is C15H22N2O2. The van der Waals surface area contributed by atoms with Crippen LogP contribution in [0.2, 0.25) is 0 Å². The van der Waals surface area contributed by atoms with Crippen molar-refractivity contribution in [3.05, 3.63) is 24.3 Å². The van der Waals surface area contributed by atoms with E-state index in [0.29, 0.717) is 30.1 Å². The average Bonchev–Trinajstić information content (AvgIpc) is 2.36. The molecule has 104 valence electrons. The van der Waals surface area contributed by atoms with Crippen LogP contribution in [0.5, 0.6) is 0 Å². The summed E-state index contributed by atoms with van der Waals surface area (Å²) >= 11 is 0. The highest BCUT2D eigenvalue weighted by molar-refractivity contribution is 5.93. The van der Waals surface area contributed by atoms with Crippen molar-refractivity contribution in [3.8, 4) is 0 Å². The van der Waals surface area contributed by atoms with E-state index in [1.165, 1.54) is 0 Å². The first-order valence-corrected chi connectivity index (χ1v) is 6.71. The number of hydrogen-bond donors (Lipinski definition) is 2. The molecule has 4 heteroatoms. The molecule has 1 aromatic rings. The Morgan fingerprint density at radius 2 is 1.68 bits per heavy atom. The molecule has 0 aromatic heterocycles. The number of nitrogens with one attached hydrogen (secondary N) is 2. The molecule has 0 aliphatic carbocycles. The van der Waals surface area contributed by atoms with Crippen LogP contribution >= 0.6 is 0 Å². The van der Waals surface area contributed by atoms with E-state index in [1.54, 1.807) is 19.1 Å². The van der Waals surface area contributed by atoms with Crippen molar-refractivity contribution in [2.75, 3.05) is 10.6 Å². The molecule has 1 aromatic carbocycles. The lowest BCUT2D eigenvalue weighted by atomic mass is 10.1. The number of rotatable bonds is 6. The molecule has 0 aliphatic rings. The van der Waals surface area contributed by atoms with E-state index in [4.69, 9.17) is 0 Å². The van der Waals surface area contributed by atoms with E-state index in [2.05, 4.69) is 24.5 Å². The smallest absolute Gasteiger partial charge is 0.224 e. The van der Waals surface area contributed by atoms with Gasteiger partial charge < -0.3 is 10.6 Å². The fraction of sp³-hybridized carbons (Fsp3) is 0.467. The van der Waals surface area contributed by atoms with E-state index in [-0.39, 0.29) is 11.8 Å². The monoisotopic (exact) mass is 262 g/mol. The van der Waals surface area contributed by atoms with Gasteiger partial charge in [0, 0.05) is 24.2 Å². The van der Waals surface area contributed by atoms with Crippen LogP contribution in [0.1, 0.15) is 40.0 Å². The summed E-state index contributed by atoms with van der Waals surface area (Å²) in [5.74, 6) is 0.483. The summed E-state index contributed by atoms with van der Waals surface area (Å²) in [7, 11) is 0. The van der Waals surface area contributed by atoms with E-state index >= 15 is 0 Å². The molecule has 0 bridgehead atoms. The molecule has 2 amide bonds. The second kappa shape index (κ2) is 7.56. The van der Waals surface area contributed by atoms with Gasteiger partial charge in [-0.05, 0) is 30.5 Å². The second-order valence-corrected chi connectivity index (χ2v) is 4.96. The van der Waals surface area contributed by atoms with Crippen molar-refractivity contribution in [1.29, 1.82) is 0 Å². The third-order valence-corrected chi connectivity index (χ3v) is 2.70. The number of amides is 2. The van der Waals surface area contributed by atoms with Crippen LogP contribution in [0.25, 0.3) is 0 Å². The Labute approximate surface area is 114 Å². The molecule has 0 spiro atoms. The minimum Gasteiger partial charge on any atom is -0.326 e. The van der Waals surface area contributed by atoms with Crippen molar-refractivity contribution in [2.45, 2.75) is 40.0 Å². The number of anilines is 2. The molecule has 0 atom stereocenters. The standard InChI is InChI=1S/C15H22N2O2/c1-4-14(18)16-12-6-5-7-13(10-12)17-15(19)9-8-11(2)3/h5-7,10-11H,4,8-9H2,1-3H3,(H,16,18)(H,17,19). The summed E-state index contributed by atoms with van der Waals surface area (Å²) in [4.78, 5) is 23.0. The van der Waals surface area contributed by atoms with Crippen molar-refractivity contribution in [3.63, 3.8) is 0 Å². The SMILES string of the molecule is CCC(=O)Nc1cccc(NC(=O)CCC(C)C)c1. The lowest BCUT2D eigenvalue weighted by molar-refractivity contribution is -0.117. The summed E-state index contributed by atoms with van der Waals surface area (Å²) in [6, 6.07) is 7.19. The molecule has 0 saturated carbocycles. The number of hydrogen-bond acceptors (Lipinski definition) is 2. The first-order chi connectivity index (χ1) is 9.01. The van der Waals surface area contributed by atoms with Gasteiger partial charge in [0.15, 0.2) is 0 Å². The number of carbonyl (C=O) groups excluding carboxylic acids is 2. The maximum Gasteiger partial charge on any atom is 0.224 e. The first kappa shape index (κ1) is 15.2. The van der Waals surface area contributed by atoms with Crippen LogP contribution in [-0.2, 0) is 9.59 Å². The zero-order chi connectivity index (χ0) is 14.3. The van der Waals surface area contributed by atoms with Gasteiger partial charge in [-0.3, -0.25) is 9.59 Å². The topological polar surface area (TPSA) is 58.2 Å². The summed E-state index contributed by atoms with van der Waals surface area (Å²) < 4.78 is 0. The third kappa shape index (κ3) is 6.04. The van der Waals surface area contributed by atoms with Gasteiger partial charge in [0.05, 0.1) is 0 Å². The molecule has 0 heterocycles. The predicted molar refractivity (Wildman–Crippen MR) is 78.1 cm³/mol. The number of carbonyl (C=O) groups is 2. The van der Waals surface area contributed by atoms with Crippen LogP contribution in [0.15, 0.2) is 24.3 Å². The molecule has 2 N–H and O–H groups in total. The Kier molecular flexibility index (Phi) is 6.06. The van der Waals surface area contributed by atoms with Crippen LogP contribution in [0, 0.1) is 5.92 Å². The predicted octanol–water partition coefficient (Wildman–Crippen LogP) is 3.41. The lowest BCUT2D eigenvalue weighted by Crippen LogP contribution is -2.13. The summed E-state index contributed by atoms with van der Waals surface area (Å²) in [6.45, 7) is 5.98. The Hall–Kier alpha value is -1.84.